The lowest BCUT2D eigenvalue weighted by molar-refractivity contribution is -0.384. The maximum absolute atomic E-state index is 13.3. The molecule has 1 aromatic heterocycles. The van der Waals surface area contributed by atoms with Crippen LogP contribution in [0.25, 0.3) is 11.0 Å². The van der Waals surface area contributed by atoms with Crippen molar-refractivity contribution < 1.29 is 14.1 Å². The molecule has 0 atom stereocenters. The lowest BCUT2D eigenvalue weighted by Gasteiger charge is -2.03. The molecule has 1 aliphatic rings. The van der Waals surface area contributed by atoms with E-state index in [2.05, 4.69) is 18.8 Å². The number of fused-ring (bicyclic) bond motifs is 1. The van der Waals surface area contributed by atoms with Gasteiger partial charge in [-0.05, 0) is 49.6 Å². The van der Waals surface area contributed by atoms with Crippen LogP contribution in [-0.4, -0.2) is 10.7 Å². The van der Waals surface area contributed by atoms with Crippen LogP contribution in [0.15, 0.2) is 46.9 Å². The van der Waals surface area contributed by atoms with E-state index in [9.17, 15) is 14.9 Å². The fourth-order valence-electron chi connectivity index (χ4n) is 3.27. The van der Waals surface area contributed by atoms with E-state index in [0.29, 0.717) is 40.2 Å². The van der Waals surface area contributed by atoms with E-state index < -0.39 is 4.92 Å². The summed E-state index contributed by atoms with van der Waals surface area (Å²) in [5, 5.41) is 11.7. The predicted octanol–water partition coefficient (Wildman–Crippen LogP) is 5.68. The normalized spacial score (nSPS) is 13.1. The number of unbranched alkanes of at least 4 members (excludes halogenated alkanes) is 1. The van der Waals surface area contributed by atoms with Crippen molar-refractivity contribution in [1.29, 1.82) is 0 Å². The van der Waals surface area contributed by atoms with E-state index >= 15 is 0 Å². The van der Waals surface area contributed by atoms with Crippen LogP contribution in [-0.2, 0) is 6.42 Å². The molecule has 4 rings (SSSR count). The SMILES string of the molecule is CCCCc1oc2ccc([N+](=O)[O-])cc2c1C(=O)c1ccc(C#CC2CC2)cc1. The Bertz CT molecular complexity index is 1140. The first-order chi connectivity index (χ1) is 14.1. The summed E-state index contributed by atoms with van der Waals surface area (Å²) in [7, 11) is 0. The lowest BCUT2D eigenvalue weighted by Crippen LogP contribution is -2.04. The minimum atomic E-state index is -0.459. The number of benzene rings is 2. The van der Waals surface area contributed by atoms with Crippen molar-refractivity contribution in [3.05, 3.63) is 75.0 Å². The summed E-state index contributed by atoms with van der Waals surface area (Å²) < 4.78 is 5.91. The molecule has 3 aromatic rings. The summed E-state index contributed by atoms with van der Waals surface area (Å²) in [5.41, 5.74) is 2.27. The maximum Gasteiger partial charge on any atom is 0.270 e. The van der Waals surface area contributed by atoms with Gasteiger partial charge in [0.15, 0.2) is 5.78 Å². The highest BCUT2D eigenvalue weighted by Gasteiger charge is 2.23. The first kappa shape index (κ1) is 18.9. The number of carbonyl (C=O) groups excluding carboxylic acids is 1. The van der Waals surface area contributed by atoms with Crippen molar-refractivity contribution in [2.45, 2.75) is 39.0 Å². The van der Waals surface area contributed by atoms with Crippen LogP contribution in [0.2, 0.25) is 0 Å². The van der Waals surface area contributed by atoms with Gasteiger partial charge in [-0.3, -0.25) is 14.9 Å². The van der Waals surface area contributed by atoms with Crippen LogP contribution in [0.1, 0.15) is 59.9 Å². The molecule has 0 radical (unpaired) electrons. The average Bonchev–Trinajstić information content (AvgIpc) is 3.49. The van der Waals surface area contributed by atoms with Gasteiger partial charge in [-0.25, -0.2) is 0 Å². The van der Waals surface area contributed by atoms with Crippen LogP contribution in [0, 0.1) is 27.9 Å². The Kier molecular flexibility index (Phi) is 5.18. The summed E-state index contributed by atoms with van der Waals surface area (Å²) in [6.07, 6.45) is 4.79. The van der Waals surface area contributed by atoms with Crippen molar-refractivity contribution >= 4 is 22.4 Å². The first-order valence-electron chi connectivity index (χ1n) is 9.93. The van der Waals surface area contributed by atoms with Gasteiger partial charge >= 0.3 is 0 Å². The van der Waals surface area contributed by atoms with Crippen LogP contribution in [0.3, 0.4) is 0 Å². The number of hydrogen-bond donors (Lipinski definition) is 0. The van der Waals surface area contributed by atoms with Gasteiger partial charge < -0.3 is 4.42 Å². The number of nitro benzene ring substituents is 1. The van der Waals surface area contributed by atoms with E-state index in [1.807, 2.05) is 12.1 Å². The zero-order valence-corrected chi connectivity index (χ0v) is 16.2. The van der Waals surface area contributed by atoms with Crippen LogP contribution >= 0.6 is 0 Å². The fourth-order valence-corrected chi connectivity index (χ4v) is 3.27. The third-order valence-corrected chi connectivity index (χ3v) is 5.08. The molecule has 146 valence electrons. The Balaban J connectivity index is 1.73. The molecule has 1 saturated carbocycles. The number of non-ortho nitro benzene ring substituents is 1. The first-order valence-corrected chi connectivity index (χ1v) is 9.93. The van der Waals surface area contributed by atoms with Crippen molar-refractivity contribution in [2.75, 3.05) is 0 Å². The van der Waals surface area contributed by atoms with Gasteiger partial charge in [0.05, 0.1) is 10.5 Å². The van der Waals surface area contributed by atoms with Gasteiger partial charge in [0.1, 0.15) is 11.3 Å². The highest BCUT2D eigenvalue weighted by atomic mass is 16.6. The number of nitrogens with zero attached hydrogens (tertiary/aromatic N) is 1. The second-order valence-electron chi connectivity index (χ2n) is 7.39. The molecule has 0 unspecified atom stereocenters. The van der Waals surface area contributed by atoms with Crippen molar-refractivity contribution in [2.24, 2.45) is 5.92 Å². The Morgan fingerprint density at radius 2 is 1.97 bits per heavy atom. The summed E-state index contributed by atoms with van der Waals surface area (Å²) in [6.45, 7) is 2.07. The molecule has 0 bridgehead atoms. The lowest BCUT2D eigenvalue weighted by atomic mass is 9.97. The summed E-state index contributed by atoms with van der Waals surface area (Å²) in [4.78, 5) is 24.1. The van der Waals surface area contributed by atoms with Gasteiger partial charge in [0, 0.05) is 41.0 Å². The molecule has 0 amide bonds. The van der Waals surface area contributed by atoms with Crippen molar-refractivity contribution in [3.63, 3.8) is 0 Å². The molecule has 5 nitrogen and oxygen atoms in total. The molecule has 0 spiro atoms. The van der Waals surface area contributed by atoms with Crippen molar-refractivity contribution in [1.82, 2.24) is 0 Å². The third-order valence-electron chi connectivity index (χ3n) is 5.08. The van der Waals surface area contributed by atoms with Gasteiger partial charge in [-0.2, -0.15) is 0 Å². The number of carbonyl (C=O) groups is 1. The fraction of sp³-hybridized carbons (Fsp3) is 0.292. The molecular weight excluding hydrogens is 366 g/mol. The number of ketones is 1. The molecule has 2 aromatic carbocycles. The smallest absolute Gasteiger partial charge is 0.270 e. The second kappa shape index (κ2) is 7.92. The molecule has 29 heavy (non-hydrogen) atoms. The number of rotatable bonds is 6. The highest BCUT2D eigenvalue weighted by molar-refractivity contribution is 6.17. The van der Waals surface area contributed by atoms with E-state index in [1.165, 1.54) is 25.0 Å². The molecule has 1 aliphatic carbocycles. The minimum absolute atomic E-state index is 0.0555. The second-order valence-corrected chi connectivity index (χ2v) is 7.39. The number of nitro groups is 1. The van der Waals surface area contributed by atoms with Gasteiger partial charge in [0.25, 0.3) is 5.69 Å². The molecule has 1 heterocycles. The van der Waals surface area contributed by atoms with E-state index in [-0.39, 0.29) is 11.5 Å². The summed E-state index contributed by atoms with van der Waals surface area (Å²) >= 11 is 0. The zero-order valence-electron chi connectivity index (χ0n) is 16.2. The van der Waals surface area contributed by atoms with E-state index in [1.54, 1.807) is 18.2 Å². The summed E-state index contributed by atoms with van der Waals surface area (Å²) in [5.74, 6) is 7.27. The van der Waals surface area contributed by atoms with Crippen molar-refractivity contribution in [3.8, 4) is 11.8 Å². The number of furan rings is 1. The largest absolute Gasteiger partial charge is 0.460 e. The Morgan fingerprint density at radius 1 is 1.21 bits per heavy atom. The monoisotopic (exact) mass is 387 g/mol. The number of hydrogen-bond acceptors (Lipinski definition) is 4. The Hall–Kier alpha value is -3.39. The Labute approximate surface area is 168 Å². The predicted molar refractivity (Wildman–Crippen MR) is 111 cm³/mol. The van der Waals surface area contributed by atoms with E-state index in [0.717, 1.165) is 18.4 Å². The average molecular weight is 387 g/mol. The molecular formula is C24H21NO4. The van der Waals surface area contributed by atoms with Crippen LogP contribution in [0.5, 0.6) is 0 Å². The standard InChI is InChI=1S/C24H21NO4/c1-2-3-4-22-23(20-15-19(25(27)28)13-14-21(20)29-22)24(26)18-11-9-17(10-12-18)8-7-16-5-6-16/h9-16H,2-6H2,1H3. The van der Waals surface area contributed by atoms with Gasteiger partial charge in [0.2, 0.25) is 0 Å². The molecule has 0 aliphatic heterocycles. The van der Waals surface area contributed by atoms with E-state index in [4.69, 9.17) is 4.42 Å². The molecule has 0 N–H and O–H groups in total. The quantitative estimate of drug-likeness (QED) is 0.236. The van der Waals surface area contributed by atoms with Crippen LogP contribution in [0.4, 0.5) is 5.69 Å². The van der Waals surface area contributed by atoms with Crippen LogP contribution < -0.4 is 0 Å². The molecule has 1 fully saturated rings. The van der Waals surface area contributed by atoms with Gasteiger partial charge in [-0.15, -0.1) is 0 Å². The molecule has 0 saturated heterocycles. The Morgan fingerprint density at radius 3 is 2.62 bits per heavy atom. The summed E-state index contributed by atoms with van der Waals surface area (Å²) in [6, 6.07) is 11.6. The van der Waals surface area contributed by atoms with Gasteiger partial charge in [-0.1, -0.05) is 25.2 Å². The molecule has 5 heteroatoms. The highest BCUT2D eigenvalue weighted by Crippen LogP contribution is 2.32. The number of aryl methyl sites for hydroxylation is 1. The minimum Gasteiger partial charge on any atom is -0.460 e. The topological polar surface area (TPSA) is 73.3 Å². The zero-order chi connectivity index (χ0) is 20.4. The maximum atomic E-state index is 13.3. The third kappa shape index (κ3) is 4.07.